The summed E-state index contributed by atoms with van der Waals surface area (Å²) in [4.78, 5) is 16.5. The van der Waals surface area contributed by atoms with Crippen LogP contribution in [0.15, 0.2) is 73.2 Å². The van der Waals surface area contributed by atoms with E-state index in [0.29, 0.717) is 16.9 Å². The Hall–Kier alpha value is -3.67. The fourth-order valence-corrected chi connectivity index (χ4v) is 2.59. The second-order valence-electron chi connectivity index (χ2n) is 5.56. The van der Waals surface area contributed by atoms with Crippen LogP contribution in [-0.4, -0.2) is 25.6 Å². The average Bonchev–Trinajstić information content (AvgIpc) is 3.10. The number of aromatic nitrogens is 3. The van der Waals surface area contributed by atoms with Gasteiger partial charge in [-0.3, -0.25) is 4.79 Å². The molecule has 0 atom stereocenters. The molecule has 2 heterocycles. The Bertz CT molecular complexity index is 1050. The van der Waals surface area contributed by atoms with Gasteiger partial charge in [-0.1, -0.05) is 24.3 Å². The van der Waals surface area contributed by atoms with Gasteiger partial charge in [0.2, 0.25) is 0 Å². The van der Waals surface area contributed by atoms with Gasteiger partial charge in [-0.2, -0.15) is 5.10 Å². The first kappa shape index (κ1) is 14.9. The predicted octanol–water partition coefficient (Wildman–Crippen LogP) is 3.35. The zero-order valence-electron chi connectivity index (χ0n) is 13.1. The van der Waals surface area contributed by atoms with E-state index in [4.69, 9.17) is 0 Å². The normalized spacial score (nSPS) is 10.7. The van der Waals surface area contributed by atoms with Gasteiger partial charge in [0, 0.05) is 17.4 Å². The lowest BCUT2D eigenvalue weighted by Gasteiger charge is -2.07. The van der Waals surface area contributed by atoms with E-state index < -0.39 is 0 Å². The van der Waals surface area contributed by atoms with E-state index in [1.807, 2.05) is 30.3 Å². The van der Waals surface area contributed by atoms with Crippen molar-refractivity contribution >= 4 is 17.2 Å². The van der Waals surface area contributed by atoms with Crippen LogP contribution in [0.3, 0.4) is 0 Å². The molecule has 0 fully saturated rings. The Morgan fingerprint density at radius 3 is 2.64 bits per heavy atom. The van der Waals surface area contributed by atoms with Gasteiger partial charge in [-0.15, -0.1) is 0 Å². The molecule has 2 N–H and O–H groups in total. The molecule has 0 bridgehead atoms. The second kappa shape index (κ2) is 6.09. The minimum Gasteiger partial charge on any atom is -0.508 e. The van der Waals surface area contributed by atoms with Crippen LogP contribution in [0.2, 0.25) is 0 Å². The third-order valence-corrected chi connectivity index (χ3v) is 3.87. The zero-order chi connectivity index (χ0) is 17.2. The van der Waals surface area contributed by atoms with Gasteiger partial charge in [-0.25, -0.2) is 9.50 Å². The minimum atomic E-state index is -0.212. The topological polar surface area (TPSA) is 79.5 Å². The number of phenolic OH excluding ortho intramolecular Hbond substituents is 1. The number of rotatable bonds is 3. The first-order chi connectivity index (χ1) is 12.2. The number of hydrogen-bond acceptors (Lipinski definition) is 4. The molecule has 2 aromatic carbocycles. The summed E-state index contributed by atoms with van der Waals surface area (Å²) < 4.78 is 1.60. The highest BCUT2D eigenvalue weighted by molar-refractivity contribution is 6.04. The fourth-order valence-electron chi connectivity index (χ4n) is 2.59. The Balaban J connectivity index is 1.53. The summed E-state index contributed by atoms with van der Waals surface area (Å²) in [6.07, 6.45) is 3.14. The minimum absolute atomic E-state index is 0.212. The molecule has 0 saturated carbocycles. The van der Waals surface area contributed by atoms with Crippen molar-refractivity contribution in [3.63, 3.8) is 0 Å². The second-order valence-corrected chi connectivity index (χ2v) is 5.56. The number of fused-ring (bicyclic) bond motifs is 1. The molecule has 2 aromatic heterocycles. The van der Waals surface area contributed by atoms with Crippen molar-refractivity contribution in [3.05, 3.63) is 78.8 Å². The number of carbonyl (C=O) groups excluding carboxylic acids is 1. The van der Waals surface area contributed by atoms with Gasteiger partial charge in [0.05, 0.1) is 0 Å². The van der Waals surface area contributed by atoms with E-state index in [1.54, 1.807) is 41.0 Å². The quantitative estimate of drug-likeness (QED) is 0.604. The van der Waals surface area contributed by atoms with E-state index >= 15 is 0 Å². The number of benzene rings is 2. The van der Waals surface area contributed by atoms with E-state index in [1.165, 1.54) is 6.33 Å². The maximum Gasteiger partial charge on any atom is 0.255 e. The highest BCUT2D eigenvalue weighted by Gasteiger charge is 2.08. The molecule has 1 amide bonds. The van der Waals surface area contributed by atoms with Crippen LogP contribution >= 0.6 is 0 Å². The highest BCUT2D eigenvalue weighted by Crippen LogP contribution is 2.24. The van der Waals surface area contributed by atoms with Crippen molar-refractivity contribution in [1.29, 1.82) is 0 Å². The third-order valence-electron chi connectivity index (χ3n) is 3.87. The molecule has 4 rings (SSSR count). The molecular weight excluding hydrogens is 316 g/mol. The summed E-state index contributed by atoms with van der Waals surface area (Å²) in [7, 11) is 0. The lowest BCUT2D eigenvalue weighted by Crippen LogP contribution is -2.12. The monoisotopic (exact) mass is 330 g/mol. The third kappa shape index (κ3) is 3.05. The summed E-state index contributed by atoms with van der Waals surface area (Å²) >= 11 is 0. The van der Waals surface area contributed by atoms with Crippen molar-refractivity contribution in [2.24, 2.45) is 0 Å². The lowest BCUT2D eigenvalue weighted by molar-refractivity contribution is 0.102. The van der Waals surface area contributed by atoms with Gasteiger partial charge < -0.3 is 10.4 Å². The van der Waals surface area contributed by atoms with Gasteiger partial charge in [0.1, 0.15) is 12.1 Å². The molecule has 0 aliphatic carbocycles. The van der Waals surface area contributed by atoms with E-state index in [-0.39, 0.29) is 11.7 Å². The molecule has 6 heteroatoms. The number of anilines is 1. The number of nitrogens with zero attached hydrogens (tertiary/aromatic N) is 3. The number of aromatic hydroxyl groups is 1. The van der Waals surface area contributed by atoms with Gasteiger partial charge >= 0.3 is 0 Å². The molecule has 25 heavy (non-hydrogen) atoms. The molecule has 0 saturated heterocycles. The first-order valence-electron chi connectivity index (χ1n) is 7.69. The molecule has 4 aromatic rings. The fraction of sp³-hybridized carbons (Fsp3) is 0. The summed E-state index contributed by atoms with van der Waals surface area (Å²) in [5.74, 6) is 0.00866. The van der Waals surface area contributed by atoms with E-state index in [9.17, 15) is 9.90 Å². The van der Waals surface area contributed by atoms with Gasteiger partial charge in [-0.05, 0) is 47.5 Å². The van der Waals surface area contributed by atoms with E-state index in [2.05, 4.69) is 15.4 Å². The maximum atomic E-state index is 12.4. The number of carbonyl (C=O) groups is 1. The molecule has 0 aliphatic heterocycles. The Morgan fingerprint density at radius 2 is 1.84 bits per heavy atom. The first-order valence-corrected chi connectivity index (χ1v) is 7.69. The van der Waals surface area contributed by atoms with Crippen LogP contribution in [-0.2, 0) is 0 Å². The summed E-state index contributed by atoms with van der Waals surface area (Å²) in [6.45, 7) is 0. The van der Waals surface area contributed by atoms with Crippen molar-refractivity contribution in [1.82, 2.24) is 14.6 Å². The highest BCUT2D eigenvalue weighted by atomic mass is 16.3. The van der Waals surface area contributed by atoms with Crippen LogP contribution < -0.4 is 5.32 Å². The van der Waals surface area contributed by atoms with Crippen molar-refractivity contribution < 1.29 is 9.90 Å². The van der Waals surface area contributed by atoms with E-state index in [0.717, 1.165) is 11.1 Å². The molecule has 6 nitrogen and oxygen atoms in total. The van der Waals surface area contributed by atoms with Crippen LogP contribution in [0.5, 0.6) is 5.75 Å². The molecular formula is C19H14N4O2. The zero-order valence-corrected chi connectivity index (χ0v) is 13.1. The molecule has 0 aliphatic rings. The van der Waals surface area contributed by atoms with Crippen LogP contribution in [0.1, 0.15) is 10.4 Å². The van der Waals surface area contributed by atoms with Crippen molar-refractivity contribution in [3.8, 4) is 16.9 Å². The molecule has 0 unspecified atom stereocenters. The average molecular weight is 330 g/mol. The van der Waals surface area contributed by atoms with Crippen LogP contribution in [0.4, 0.5) is 5.69 Å². The Labute approximate surface area is 143 Å². The summed E-state index contributed by atoms with van der Waals surface area (Å²) in [5, 5.41) is 16.4. The number of amides is 1. The number of hydrogen-bond donors (Lipinski definition) is 2. The largest absolute Gasteiger partial charge is 0.508 e. The SMILES string of the molecule is O=C(Nc1ccc(-c2cccc(O)c2)cc1)c1ccn2ncnc2c1. The molecule has 122 valence electrons. The van der Waals surface area contributed by atoms with Crippen LogP contribution in [0.25, 0.3) is 16.8 Å². The standard InChI is InChI=1S/C19H14N4O2/c24-17-3-1-2-14(10-17)13-4-6-16(7-5-13)22-19(25)15-8-9-23-18(11-15)20-12-21-23/h1-12,24H,(H,22,25). The van der Waals surface area contributed by atoms with Crippen molar-refractivity contribution in [2.45, 2.75) is 0 Å². The number of pyridine rings is 1. The smallest absolute Gasteiger partial charge is 0.255 e. The maximum absolute atomic E-state index is 12.4. The summed E-state index contributed by atoms with van der Waals surface area (Å²) in [6, 6.07) is 17.9. The van der Waals surface area contributed by atoms with Crippen LogP contribution in [0, 0.1) is 0 Å². The molecule has 0 spiro atoms. The van der Waals surface area contributed by atoms with Gasteiger partial charge in [0.15, 0.2) is 5.65 Å². The Kier molecular flexibility index (Phi) is 3.63. The van der Waals surface area contributed by atoms with Crippen molar-refractivity contribution in [2.75, 3.05) is 5.32 Å². The summed E-state index contributed by atoms with van der Waals surface area (Å²) in [5.41, 5.74) is 3.69. The number of nitrogens with one attached hydrogen (secondary N) is 1. The predicted molar refractivity (Wildman–Crippen MR) is 94.5 cm³/mol. The van der Waals surface area contributed by atoms with Gasteiger partial charge in [0.25, 0.3) is 5.91 Å². The number of phenols is 1. The molecule has 0 radical (unpaired) electrons. The lowest BCUT2D eigenvalue weighted by atomic mass is 10.1. The Morgan fingerprint density at radius 1 is 1.00 bits per heavy atom.